The Hall–Kier alpha value is -3.60. The van der Waals surface area contributed by atoms with Crippen molar-refractivity contribution in [3.05, 3.63) is 30.1 Å². The summed E-state index contributed by atoms with van der Waals surface area (Å²) in [6.07, 6.45) is 1.50. The summed E-state index contributed by atoms with van der Waals surface area (Å²) in [5.41, 5.74) is 12.2. The third-order valence-corrected chi connectivity index (χ3v) is 4.33. The fourth-order valence-corrected chi connectivity index (χ4v) is 2.71. The van der Waals surface area contributed by atoms with Crippen molar-refractivity contribution in [2.45, 2.75) is 19.4 Å². The summed E-state index contributed by atoms with van der Waals surface area (Å²) < 4.78 is 12.2. The van der Waals surface area contributed by atoms with Crippen LogP contribution in [0.3, 0.4) is 0 Å². The predicted octanol–water partition coefficient (Wildman–Crippen LogP) is 0.552. The first kappa shape index (κ1) is 20.1. The molecule has 0 bridgehead atoms. The van der Waals surface area contributed by atoms with Crippen LogP contribution in [-0.4, -0.2) is 47.4 Å². The third kappa shape index (κ3) is 4.14. The van der Waals surface area contributed by atoms with E-state index >= 15 is 0 Å². The van der Waals surface area contributed by atoms with E-state index in [9.17, 15) is 4.79 Å². The largest absolute Gasteiger partial charge is 0.497 e. The minimum Gasteiger partial charge on any atom is -0.497 e. The topological polar surface area (TPSA) is 157 Å². The van der Waals surface area contributed by atoms with E-state index in [-0.39, 0.29) is 11.4 Å². The number of hydrogen-bond donors (Lipinski definition) is 5. The second-order valence-corrected chi connectivity index (χ2v) is 7.04. The molecule has 2 aromatic heterocycles. The van der Waals surface area contributed by atoms with E-state index in [4.69, 9.17) is 20.9 Å². The van der Waals surface area contributed by atoms with Crippen LogP contribution < -0.4 is 36.0 Å². The van der Waals surface area contributed by atoms with Crippen LogP contribution in [0.2, 0.25) is 0 Å². The molecule has 0 spiro atoms. The van der Waals surface area contributed by atoms with Gasteiger partial charge in [0.1, 0.15) is 11.5 Å². The molecule has 2 heterocycles. The molecule has 1 amide bonds. The number of hydrogen-bond acceptors (Lipinski definition) is 8. The number of nitrogens with one attached hydrogen (secondary N) is 3. The molecule has 0 unspecified atom stereocenters. The second-order valence-electron chi connectivity index (χ2n) is 7.04. The lowest BCUT2D eigenvalue weighted by Crippen LogP contribution is -2.43. The lowest BCUT2D eigenvalue weighted by Gasteiger charge is -2.22. The lowest BCUT2D eigenvalue weighted by molar-refractivity contribution is -0.499. The zero-order chi connectivity index (χ0) is 21.2. The van der Waals surface area contributed by atoms with Crippen LogP contribution >= 0.6 is 0 Å². The van der Waals surface area contributed by atoms with Gasteiger partial charge in [0.05, 0.1) is 19.8 Å². The summed E-state index contributed by atoms with van der Waals surface area (Å²) in [4.78, 5) is 16.8. The highest BCUT2D eigenvalue weighted by Crippen LogP contribution is 2.29. The Morgan fingerprint density at radius 1 is 1.24 bits per heavy atom. The number of rotatable bonds is 8. The van der Waals surface area contributed by atoms with Gasteiger partial charge in [-0.25, -0.2) is 0 Å². The van der Waals surface area contributed by atoms with E-state index < -0.39 is 11.4 Å². The summed E-state index contributed by atoms with van der Waals surface area (Å²) >= 11 is 0. The van der Waals surface area contributed by atoms with Crippen molar-refractivity contribution in [2.75, 3.05) is 31.4 Å². The number of amides is 1. The minimum atomic E-state index is -0.666. The third-order valence-electron chi connectivity index (χ3n) is 4.33. The van der Waals surface area contributed by atoms with Crippen molar-refractivity contribution in [3.8, 4) is 11.5 Å². The Bertz CT molecular complexity index is 1020. The van der Waals surface area contributed by atoms with Gasteiger partial charge in [-0.2, -0.15) is 9.50 Å². The van der Waals surface area contributed by atoms with Crippen LogP contribution in [-0.2, 0) is 0 Å². The fraction of sp³-hybridized carbons (Fsp3) is 0.333. The van der Waals surface area contributed by atoms with Gasteiger partial charge in [-0.05, 0) is 18.9 Å². The molecule has 0 atom stereocenters. The Kier molecular flexibility index (Phi) is 5.41. The van der Waals surface area contributed by atoms with E-state index in [0.29, 0.717) is 35.3 Å². The van der Waals surface area contributed by atoms with Crippen LogP contribution in [0, 0.1) is 0 Å². The van der Waals surface area contributed by atoms with Gasteiger partial charge in [-0.15, -0.1) is 4.98 Å². The molecule has 0 saturated heterocycles. The first-order chi connectivity index (χ1) is 13.8. The Labute approximate surface area is 167 Å². The lowest BCUT2D eigenvalue weighted by atomic mass is 10.1. The highest BCUT2D eigenvalue weighted by Gasteiger charge is 2.28. The zero-order valence-electron chi connectivity index (χ0n) is 16.7. The first-order valence-electron chi connectivity index (χ1n) is 8.85. The molecule has 0 saturated carbocycles. The molecule has 11 nitrogen and oxygen atoms in total. The van der Waals surface area contributed by atoms with E-state index in [0.717, 1.165) is 0 Å². The maximum absolute atomic E-state index is 12.2. The summed E-state index contributed by atoms with van der Waals surface area (Å²) in [6.45, 7) is 4.23. The minimum absolute atomic E-state index is 0.153. The SMILES string of the molecule is COc1cc(Nc2nc(NC(C)(C)CN)[n+]3cn[nH]c3c2C(N)=O)cc(OC)c1. The molecule has 1 aromatic carbocycles. The summed E-state index contributed by atoms with van der Waals surface area (Å²) in [6, 6.07) is 5.23. The normalized spacial score (nSPS) is 11.3. The van der Waals surface area contributed by atoms with Crippen LogP contribution in [0.4, 0.5) is 17.5 Å². The number of aromatic amines is 1. The van der Waals surface area contributed by atoms with Gasteiger partial charge in [-0.1, -0.05) is 0 Å². The molecule has 0 aliphatic rings. The van der Waals surface area contributed by atoms with Crippen molar-refractivity contribution < 1.29 is 18.7 Å². The Morgan fingerprint density at radius 3 is 2.45 bits per heavy atom. The average Bonchev–Trinajstić information content (AvgIpc) is 3.16. The maximum Gasteiger partial charge on any atom is 0.328 e. The quantitative estimate of drug-likeness (QED) is 0.342. The van der Waals surface area contributed by atoms with E-state index in [1.807, 2.05) is 13.8 Å². The molecule has 29 heavy (non-hydrogen) atoms. The molecule has 3 aromatic rings. The molecule has 3 rings (SSSR count). The summed E-state index contributed by atoms with van der Waals surface area (Å²) in [7, 11) is 3.10. The molecule has 0 aliphatic heterocycles. The van der Waals surface area contributed by atoms with Gasteiger partial charge in [0.25, 0.3) is 5.91 Å². The summed E-state index contributed by atoms with van der Waals surface area (Å²) in [5, 5.41) is 13.2. The highest BCUT2D eigenvalue weighted by molar-refractivity contribution is 6.03. The highest BCUT2D eigenvalue weighted by atomic mass is 16.5. The van der Waals surface area contributed by atoms with Crippen molar-refractivity contribution in [2.24, 2.45) is 11.5 Å². The van der Waals surface area contributed by atoms with Crippen molar-refractivity contribution in [3.63, 3.8) is 0 Å². The molecular formula is C18H25N8O3+. The van der Waals surface area contributed by atoms with E-state index in [1.54, 1.807) is 36.8 Å². The number of nitrogens with zero attached hydrogens (tertiary/aromatic N) is 3. The van der Waals surface area contributed by atoms with E-state index in [2.05, 4.69) is 25.8 Å². The van der Waals surface area contributed by atoms with Crippen molar-refractivity contribution >= 4 is 29.0 Å². The average molecular weight is 401 g/mol. The number of anilines is 3. The number of fused-ring (bicyclic) bond motifs is 1. The van der Waals surface area contributed by atoms with Gasteiger partial charge in [0, 0.05) is 30.4 Å². The van der Waals surface area contributed by atoms with Crippen LogP contribution in [0.15, 0.2) is 24.5 Å². The number of methoxy groups -OCH3 is 2. The number of aromatic nitrogens is 4. The standard InChI is InChI=1S/C18H24N8O3/c1-18(2,8-19)24-17-23-15(13(14(20)27)16-25-21-9-26(16)17)22-10-5-11(28-3)7-12(6-10)29-4/h5-7,9H,8,19H2,1-4H3,(H4,20,22,23,24,25,27)/p+1. The Balaban J connectivity index is 2.16. The number of primary amides is 1. The fourth-order valence-electron chi connectivity index (χ4n) is 2.71. The first-order valence-corrected chi connectivity index (χ1v) is 8.85. The number of benzene rings is 1. The molecule has 0 fully saturated rings. The van der Waals surface area contributed by atoms with Crippen LogP contribution in [0.1, 0.15) is 24.2 Å². The number of carbonyl (C=O) groups excluding carboxylic acids is 1. The molecule has 0 radical (unpaired) electrons. The number of carbonyl (C=O) groups is 1. The molecule has 7 N–H and O–H groups in total. The molecule has 154 valence electrons. The van der Waals surface area contributed by atoms with Gasteiger partial charge in [-0.3, -0.25) is 4.79 Å². The van der Waals surface area contributed by atoms with Gasteiger partial charge in [0.15, 0.2) is 11.4 Å². The second kappa shape index (κ2) is 7.80. The number of nitrogens with two attached hydrogens (primary N) is 2. The van der Waals surface area contributed by atoms with Gasteiger partial charge < -0.3 is 31.6 Å². The zero-order valence-corrected chi connectivity index (χ0v) is 16.7. The van der Waals surface area contributed by atoms with Crippen LogP contribution in [0.25, 0.3) is 5.65 Å². The van der Waals surface area contributed by atoms with Gasteiger partial charge >= 0.3 is 5.95 Å². The van der Waals surface area contributed by atoms with Crippen molar-refractivity contribution in [1.82, 2.24) is 15.2 Å². The maximum atomic E-state index is 12.2. The monoisotopic (exact) mass is 401 g/mol. The number of H-pyrrole nitrogens is 1. The van der Waals surface area contributed by atoms with E-state index in [1.165, 1.54) is 6.33 Å². The van der Waals surface area contributed by atoms with Gasteiger partial charge in [0.2, 0.25) is 12.0 Å². The smallest absolute Gasteiger partial charge is 0.328 e. The predicted molar refractivity (Wildman–Crippen MR) is 108 cm³/mol. The molecule has 0 aliphatic carbocycles. The van der Waals surface area contributed by atoms with Crippen molar-refractivity contribution in [1.29, 1.82) is 0 Å². The molecular weight excluding hydrogens is 376 g/mol. The van der Waals surface area contributed by atoms with Crippen LogP contribution in [0.5, 0.6) is 11.5 Å². The number of ether oxygens (including phenoxy) is 2. The Morgan fingerprint density at radius 2 is 1.90 bits per heavy atom. The summed E-state index contributed by atoms with van der Waals surface area (Å²) in [5.74, 6) is 1.17. The molecule has 11 heteroatoms.